The molecule has 0 atom stereocenters. The van der Waals surface area contributed by atoms with Crippen molar-refractivity contribution in [2.75, 3.05) is 20.2 Å². The van der Waals surface area contributed by atoms with Gasteiger partial charge in [0, 0.05) is 55.6 Å². The highest BCUT2D eigenvalue weighted by molar-refractivity contribution is 5.58. The maximum Gasteiger partial charge on any atom is 0.316 e. The summed E-state index contributed by atoms with van der Waals surface area (Å²) in [4.78, 5) is 10.6. The summed E-state index contributed by atoms with van der Waals surface area (Å²) in [5, 5.41) is 15.1. The van der Waals surface area contributed by atoms with Crippen molar-refractivity contribution in [3.8, 4) is 17.3 Å². The first kappa shape index (κ1) is 18.6. The third-order valence-corrected chi connectivity index (χ3v) is 5.19. The van der Waals surface area contributed by atoms with E-state index in [-0.39, 0.29) is 0 Å². The first-order valence-corrected chi connectivity index (χ1v) is 9.44. The molecule has 7 nitrogen and oxygen atoms in total. The number of ether oxygens (including phenoxy) is 1. The van der Waals surface area contributed by atoms with Gasteiger partial charge >= 0.3 is 6.01 Å². The van der Waals surface area contributed by atoms with Crippen molar-refractivity contribution in [2.24, 2.45) is 0 Å². The third kappa shape index (κ3) is 4.37. The average molecular weight is 380 g/mol. The van der Waals surface area contributed by atoms with E-state index >= 15 is 0 Å². The van der Waals surface area contributed by atoms with E-state index in [1.165, 1.54) is 0 Å². The quantitative estimate of drug-likeness (QED) is 0.704. The zero-order valence-corrected chi connectivity index (χ0v) is 15.9. The minimum Gasteiger partial charge on any atom is -0.467 e. The highest BCUT2D eigenvalue weighted by Crippen LogP contribution is 2.29. The van der Waals surface area contributed by atoms with Crippen LogP contribution >= 0.6 is 0 Å². The van der Waals surface area contributed by atoms with Crippen LogP contribution in [0.25, 0.3) is 11.3 Å². The number of hydrogen-bond acceptors (Lipinski definition) is 7. The van der Waals surface area contributed by atoms with Crippen molar-refractivity contribution < 1.29 is 14.4 Å². The van der Waals surface area contributed by atoms with Crippen LogP contribution in [-0.4, -0.2) is 50.9 Å². The van der Waals surface area contributed by atoms with Crippen molar-refractivity contribution in [2.45, 2.75) is 31.4 Å². The average Bonchev–Trinajstić information content (AvgIpc) is 3.19. The summed E-state index contributed by atoms with van der Waals surface area (Å²) >= 11 is 0. The van der Waals surface area contributed by atoms with Gasteiger partial charge < -0.3 is 14.4 Å². The van der Waals surface area contributed by atoms with Gasteiger partial charge in [-0.3, -0.25) is 4.90 Å². The fourth-order valence-corrected chi connectivity index (χ4v) is 3.56. The summed E-state index contributed by atoms with van der Waals surface area (Å²) in [6, 6.07) is 12.2. The molecule has 4 rings (SSSR count). The van der Waals surface area contributed by atoms with Gasteiger partial charge in [-0.25, -0.2) is 9.97 Å². The Morgan fingerprint density at radius 1 is 1.14 bits per heavy atom. The van der Waals surface area contributed by atoms with Gasteiger partial charge in [-0.15, -0.1) is 0 Å². The first-order chi connectivity index (χ1) is 13.6. The van der Waals surface area contributed by atoms with E-state index in [1.54, 1.807) is 19.5 Å². The summed E-state index contributed by atoms with van der Waals surface area (Å²) in [6.07, 6.45) is 5.42. The van der Waals surface area contributed by atoms with Gasteiger partial charge in [0.1, 0.15) is 11.5 Å². The monoisotopic (exact) mass is 380 g/mol. The summed E-state index contributed by atoms with van der Waals surface area (Å²) in [5.74, 6) is 0.721. The minimum atomic E-state index is -0.763. The van der Waals surface area contributed by atoms with Crippen molar-refractivity contribution in [1.29, 1.82) is 0 Å². The SMILES string of the molecule is COc1ncc(CN2CCC(O)(Cc3cc(-c4ccccc4)no3)CC2)cn1. The molecule has 3 heterocycles. The van der Waals surface area contributed by atoms with E-state index in [1.807, 2.05) is 36.4 Å². The van der Waals surface area contributed by atoms with Crippen LogP contribution in [0, 0.1) is 0 Å². The molecule has 1 aliphatic heterocycles. The van der Waals surface area contributed by atoms with Crippen molar-refractivity contribution >= 4 is 0 Å². The number of likely N-dealkylation sites (tertiary alicyclic amines) is 1. The molecule has 1 aliphatic rings. The molecular weight excluding hydrogens is 356 g/mol. The van der Waals surface area contributed by atoms with E-state index < -0.39 is 5.60 Å². The third-order valence-electron chi connectivity index (χ3n) is 5.19. The molecule has 3 aromatic rings. The Labute approximate surface area is 164 Å². The van der Waals surface area contributed by atoms with Crippen LogP contribution in [0.4, 0.5) is 0 Å². The summed E-state index contributed by atoms with van der Waals surface area (Å²) < 4.78 is 10.5. The van der Waals surface area contributed by atoms with Crippen molar-refractivity contribution in [3.63, 3.8) is 0 Å². The number of benzene rings is 1. The molecule has 0 amide bonds. The van der Waals surface area contributed by atoms with Gasteiger partial charge in [-0.05, 0) is 12.8 Å². The minimum absolute atomic E-state index is 0.374. The van der Waals surface area contributed by atoms with Crippen molar-refractivity contribution in [3.05, 3.63) is 60.1 Å². The number of methoxy groups -OCH3 is 1. The zero-order valence-electron chi connectivity index (χ0n) is 15.9. The fraction of sp³-hybridized carbons (Fsp3) is 0.381. The lowest BCUT2D eigenvalue weighted by atomic mass is 9.87. The maximum absolute atomic E-state index is 11.0. The second-order valence-corrected chi connectivity index (χ2v) is 7.30. The number of nitrogens with zero attached hydrogens (tertiary/aromatic N) is 4. The Morgan fingerprint density at radius 2 is 1.86 bits per heavy atom. The molecule has 0 radical (unpaired) electrons. The molecule has 0 spiro atoms. The molecule has 146 valence electrons. The second-order valence-electron chi connectivity index (χ2n) is 7.30. The molecule has 1 saturated heterocycles. The van der Waals surface area contributed by atoms with Gasteiger partial charge in [0.2, 0.25) is 0 Å². The second kappa shape index (κ2) is 8.08. The molecular formula is C21H24N4O3. The Morgan fingerprint density at radius 3 is 2.54 bits per heavy atom. The first-order valence-electron chi connectivity index (χ1n) is 9.44. The number of rotatable bonds is 6. The van der Waals surface area contributed by atoms with E-state index in [4.69, 9.17) is 9.26 Å². The summed E-state index contributed by atoms with van der Waals surface area (Å²) in [7, 11) is 1.55. The van der Waals surface area contributed by atoms with E-state index in [9.17, 15) is 5.11 Å². The molecule has 1 fully saturated rings. The smallest absolute Gasteiger partial charge is 0.316 e. The van der Waals surface area contributed by atoms with Crippen LogP contribution in [-0.2, 0) is 13.0 Å². The molecule has 1 aromatic carbocycles. The molecule has 0 saturated carbocycles. The van der Waals surface area contributed by atoms with Crippen LogP contribution in [0.15, 0.2) is 53.3 Å². The van der Waals surface area contributed by atoms with Gasteiger partial charge in [0.15, 0.2) is 0 Å². The van der Waals surface area contributed by atoms with E-state index in [0.717, 1.165) is 42.2 Å². The molecule has 0 bridgehead atoms. The molecule has 2 aromatic heterocycles. The standard InChI is InChI=1S/C21H24N4O3/c1-27-20-22-13-16(14-23-20)15-25-9-7-21(26,8-10-25)12-18-11-19(24-28-18)17-5-3-2-4-6-17/h2-6,11,13-14,26H,7-10,12,15H2,1H3. The number of aliphatic hydroxyl groups is 1. The lowest BCUT2D eigenvalue weighted by molar-refractivity contribution is -0.0265. The zero-order chi connectivity index (χ0) is 19.4. The van der Waals surface area contributed by atoms with Crippen LogP contribution in [0.2, 0.25) is 0 Å². The topological polar surface area (TPSA) is 84.5 Å². The number of hydrogen-bond donors (Lipinski definition) is 1. The normalized spacial score (nSPS) is 16.8. The lowest BCUT2D eigenvalue weighted by Gasteiger charge is -2.37. The predicted octanol–water partition coefficient (Wildman–Crippen LogP) is 2.71. The lowest BCUT2D eigenvalue weighted by Crippen LogP contribution is -2.45. The van der Waals surface area contributed by atoms with Crippen LogP contribution < -0.4 is 4.74 Å². The fourth-order valence-electron chi connectivity index (χ4n) is 3.56. The van der Waals surface area contributed by atoms with E-state index in [0.29, 0.717) is 25.3 Å². The van der Waals surface area contributed by atoms with Gasteiger partial charge in [0.25, 0.3) is 0 Å². The maximum atomic E-state index is 11.0. The molecule has 1 N–H and O–H groups in total. The Kier molecular flexibility index (Phi) is 5.36. The van der Waals surface area contributed by atoms with Crippen LogP contribution in [0.5, 0.6) is 6.01 Å². The highest BCUT2D eigenvalue weighted by Gasteiger charge is 2.33. The van der Waals surface area contributed by atoms with Gasteiger partial charge in [0.05, 0.1) is 12.7 Å². The Hall–Kier alpha value is -2.77. The highest BCUT2D eigenvalue weighted by atomic mass is 16.5. The molecule has 28 heavy (non-hydrogen) atoms. The predicted molar refractivity (Wildman–Crippen MR) is 104 cm³/mol. The largest absolute Gasteiger partial charge is 0.467 e. The van der Waals surface area contributed by atoms with Gasteiger partial charge in [-0.2, -0.15) is 0 Å². The molecule has 0 aliphatic carbocycles. The molecule has 7 heteroatoms. The Bertz CT molecular complexity index is 888. The van der Waals surface area contributed by atoms with Crippen molar-refractivity contribution in [1.82, 2.24) is 20.0 Å². The number of piperidine rings is 1. The van der Waals surface area contributed by atoms with E-state index in [2.05, 4.69) is 20.0 Å². The van der Waals surface area contributed by atoms with Gasteiger partial charge in [-0.1, -0.05) is 35.5 Å². The van der Waals surface area contributed by atoms with Crippen LogP contribution in [0.1, 0.15) is 24.2 Å². The van der Waals surface area contributed by atoms with Crippen LogP contribution in [0.3, 0.4) is 0 Å². The summed E-state index contributed by atoms with van der Waals surface area (Å²) in [5.41, 5.74) is 2.09. The Balaban J connectivity index is 1.33. The molecule has 0 unspecified atom stereocenters. The summed E-state index contributed by atoms with van der Waals surface area (Å²) in [6.45, 7) is 2.38. The number of aromatic nitrogens is 3.